The number of hydrogen-bond donors (Lipinski definition) is 1. The Hall–Kier alpha value is -2.34. The molecule has 92 valence electrons. The van der Waals surface area contributed by atoms with Crippen molar-refractivity contribution in [3.8, 4) is 23.1 Å². The van der Waals surface area contributed by atoms with Crippen LogP contribution in [0.2, 0.25) is 0 Å². The van der Waals surface area contributed by atoms with Crippen molar-refractivity contribution in [3.05, 3.63) is 36.0 Å². The fourth-order valence-electron chi connectivity index (χ4n) is 1.64. The predicted octanol–water partition coefficient (Wildman–Crippen LogP) is 1.46. The lowest BCUT2D eigenvalue weighted by Gasteiger charge is -2.07. The van der Waals surface area contributed by atoms with E-state index in [0.717, 1.165) is 5.56 Å². The molecular formula is C12H11N3O3. The number of nitrogens with zero attached hydrogens (tertiary/aromatic N) is 2. The fourth-order valence-corrected chi connectivity index (χ4v) is 1.64. The van der Waals surface area contributed by atoms with E-state index in [0.29, 0.717) is 29.7 Å². The standard InChI is InChI=1S/C12H11N3O3/c13-6-8-3-4-14-15-12(8)18-9-1-2-10-11(5-9)17-7-16-10/h1-5H,6-7,13H2. The maximum absolute atomic E-state index is 5.64. The minimum atomic E-state index is 0.234. The first kappa shape index (κ1) is 10.8. The van der Waals surface area contributed by atoms with Crippen molar-refractivity contribution in [2.75, 3.05) is 6.79 Å². The molecule has 6 heteroatoms. The number of nitrogens with two attached hydrogens (primary N) is 1. The lowest BCUT2D eigenvalue weighted by atomic mass is 10.3. The van der Waals surface area contributed by atoms with Gasteiger partial charge in [0.05, 0.1) is 6.20 Å². The summed E-state index contributed by atoms with van der Waals surface area (Å²) in [6.07, 6.45) is 1.58. The predicted molar refractivity (Wildman–Crippen MR) is 62.6 cm³/mol. The van der Waals surface area contributed by atoms with Gasteiger partial charge in [-0.05, 0) is 18.2 Å². The Morgan fingerprint density at radius 2 is 2.11 bits per heavy atom. The molecule has 18 heavy (non-hydrogen) atoms. The summed E-state index contributed by atoms with van der Waals surface area (Å²) in [5.41, 5.74) is 6.40. The molecule has 0 spiro atoms. The highest BCUT2D eigenvalue weighted by Gasteiger charge is 2.14. The molecule has 0 unspecified atom stereocenters. The second kappa shape index (κ2) is 4.50. The number of hydrogen-bond acceptors (Lipinski definition) is 6. The van der Waals surface area contributed by atoms with Crippen LogP contribution in [0.25, 0.3) is 0 Å². The minimum absolute atomic E-state index is 0.234. The molecule has 0 aliphatic carbocycles. The van der Waals surface area contributed by atoms with Gasteiger partial charge in [0.15, 0.2) is 11.5 Å². The van der Waals surface area contributed by atoms with Crippen molar-refractivity contribution < 1.29 is 14.2 Å². The molecule has 0 bridgehead atoms. The Balaban J connectivity index is 1.88. The second-order valence-corrected chi connectivity index (χ2v) is 3.68. The number of ether oxygens (including phenoxy) is 3. The van der Waals surface area contributed by atoms with Gasteiger partial charge in [-0.1, -0.05) is 0 Å². The molecule has 2 N–H and O–H groups in total. The van der Waals surface area contributed by atoms with E-state index in [1.54, 1.807) is 30.5 Å². The molecule has 1 aromatic heterocycles. The molecular weight excluding hydrogens is 234 g/mol. The van der Waals surface area contributed by atoms with E-state index in [4.69, 9.17) is 19.9 Å². The van der Waals surface area contributed by atoms with Gasteiger partial charge in [0.2, 0.25) is 12.7 Å². The van der Waals surface area contributed by atoms with E-state index in [2.05, 4.69) is 10.2 Å². The molecule has 0 fully saturated rings. The summed E-state index contributed by atoms with van der Waals surface area (Å²) < 4.78 is 16.1. The minimum Gasteiger partial charge on any atom is -0.454 e. The van der Waals surface area contributed by atoms with Gasteiger partial charge in [-0.3, -0.25) is 0 Å². The van der Waals surface area contributed by atoms with Crippen LogP contribution >= 0.6 is 0 Å². The van der Waals surface area contributed by atoms with Crippen LogP contribution in [0.15, 0.2) is 30.5 Å². The lowest BCUT2D eigenvalue weighted by molar-refractivity contribution is 0.174. The summed E-state index contributed by atoms with van der Waals surface area (Å²) >= 11 is 0. The molecule has 3 rings (SSSR count). The lowest BCUT2D eigenvalue weighted by Crippen LogP contribution is -2.02. The average Bonchev–Trinajstić information content (AvgIpc) is 2.87. The van der Waals surface area contributed by atoms with E-state index in [-0.39, 0.29) is 6.79 Å². The topological polar surface area (TPSA) is 79.5 Å². The summed E-state index contributed by atoms with van der Waals surface area (Å²) in [6.45, 7) is 0.577. The van der Waals surface area contributed by atoms with Crippen LogP contribution in [0, 0.1) is 0 Å². The van der Waals surface area contributed by atoms with Crippen LogP contribution in [-0.2, 0) is 6.54 Å². The zero-order valence-corrected chi connectivity index (χ0v) is 9.50. The molecule has 0 radical (unpaired) electrons. The molecule has 2 aromatic rings. The first-order valence-electron chi connectivity index (χ1n) is 5.45. The summed E-state index contributed by atoms with van der Waals surface area (Å²) in [4.78, 5) is 0. The third kappa shape index (κ3) is 1.93. The Bertz CT molecular complexity index is 574. The highest BCUT2D eigenvalue weighted by Crippen LogP contribution is 2.36. The Morgan fingerprint density at radius 3 is 3.00 bits per heavy atom. The van der Waals surface area contributed by atoms with Gasteiger partial charge in [-0.2, -0.15) is 5.10 Å². The number of aromatic nitrogens is 2. The van der Waals surface area contributed by atoms with Gasteiger partial charge in [0.25, 0.3) is 0 Å². The van der Waals surface area contributed by atoms with Crippen LogP contribution in [0.1, 0.15) is 5.56 Å². The summed E-state index contributed by atoms with van der Waals surface area (Å²) in [7, 11) is 0. The third-order valence-corrected chi connectivity index (χ3v) is 2.54. The fraction of sp³-hybridized carbons (Fsp3) is 0.167. The van der Waals surface area contributed by atoms with Gasteiger partial charge >= 0.3 is 0 Å². The zero-order valence-electron chi connectivity index (χ0n) is 9.50. The maximum atomic E-state index is 5.64. The molecule has 6 nitrogen and oxygen atoms in total. The number of fused-ring (bicyclic) bond motifs is 1. The first-order valence-corrected chi connectivity index (χ1v) is 5.45. The van der Waals surface area contributed by atoms with Crippen LogP contribution < -0.4 is 19.9 Å². The van der Waals surface area contributed by atoms with Crippen molar-refractivity contribution in [1.82, 2.24) is 10.2 Å². The third-order valence-electron chi connectivity index (χ3n) is 2.54. The van der Waals surface area contributed by atoms with Gasteiger partial charge in [-0.15, -0.1) is 5.10 Å². The molecule has 1 aliphatic rings. The summed E-state index contributed by atoms with van der Waals surface area (Å²) in [5, 5.41) is 7.69. The second-order valence-electron chi connectivity index (χ2n) is 3.68. The molecule has 0 atom stereocenters. The maximum Gasteiger partial charge on any atom is 0.243 e. The van der Waals surface area contributed by atoms with Crippen molar-refractivity contribution >= 4 is 0 Å². The Labute approximate surface area is 103 Å². The Kier molecular flexibility index (Phi) is 2.70. The quantitative estimate of drug-likeness (QED) is 0.881. The van der Waals surface area contributed by atoms with E-state index in [9.17, 15) is 0 Å². The molecule has 0 saturated heterocycles. The normalized spacial score (nSPS) is 12.5. The molecule has 0 saturated carbocycles. The van der Waals surface area contributed by atoms with Crippen LogP contribution in [0.4, 0.5) is 0 Å². The van der Waals surface area contributed by atoms with Gasteiger partial charge in [0.1, 0.15) is 5.75 Å². The van der Waals surface area contributed by atoms with Gasteiger partial charge in [-0.25, -0.2) is 0 Å². The Morgan fingerprint density at radius 1 is 1.22 bits per heavy atom. The smallest absolute Gasteiger partial charge is 0.243 e. The van der Waals surface area contributed by atoms with Crippen LogP contribution in [0.5, 0.6) is 23.1 Å². The zero-order chi connectivity index (χ0) is 12.4. The number of benzene rings is 1. The molecule has 2 heterocycles. The van der Waals surface area contributed by atoms with Crippen LogP contribution in [-0.4, -0.2) is 17.0 Å². The number of rotatable bonds is 3. The van der Waals surface area contributed by atoms with Crippen LogP contribution in [0.3, 0.4) is 0 Å². The molecule has 1 aromatic carbocycles. The largest absolute Gasteiger partial charge is 0.454 e. The molecule has 0 amide bonds. The molecule has 1 aliphatic heterocycles. The highest BCUT2D eigenvalue weighted by molar-refractivity contribution is 5.47. The highest BCUT2D eigenvalue weighted by atomic mass is 16.7. The average molecular weight is 245 g/mol. The first-order chi connectivity index (χ1) is 8.86. The van der Waals surface area contributed by atoms with Gasteiger partial charge in [0, 0.05) is 18.2 Å². The van der Waals surface area contributed by atoms with Gasteiger partial charge < -0.3 is 19.9 Å². The van der Waals surface area contributed by atoms with E-state index in [1.165, 1.54) is 0 Å². The van der Waals surface area contributed by atoms with E-state index < -0.39 is 0 Å². The summed E-state index contributed by atoms with van der Waals surface area (Å²) in [6, 6.07) is 7.09. The summed E-state index contributed by atoms with van der Waals surface area (Å²) in [5.74, 6) is 2.37. The van der Waals surface area contributed by atoms with E-state index >= 15 is 0 Å². The van der Waals surface area contributed by atoms with Crippen molar-refractivity contribution in [2.45, 2.75) is 6.54 Å². The van der Waals surface area contributed by atoms with Crippen molar-refractivity contribution in [2.24, 2.45) is 5.73 Å². The SMILES string of the molecule is NCc1ccnnc1Oc1ccc2c(c1)OCO2. The van der Waals surface area contributed by atoms with E-state index in [1.807, 2.05) is 0 Å². The van der Waals surface area contributed by atoms with Crippen molar-refractivity contribution in [3.63, 3.8) is 0 Å². The van der Waals surface area contributed by atoms with Crippen molar-refractivity contribution in [1.29, 1.82) is 0 Å². The monoisotopic (exact) mass is 245 g/mol.